The molecule has 0 spiro atoms. The third-order valence-electron chi connectivity index (χ3n) is 12.1. The first-order valence-corrected chi connectivity index (χ1v) is 19.3. The van der Waals surface area contributed by atoms with Crippen LogP contribution in [0.15, 0.2) is 140 Å². The SMILES string of the molecule is Cc1cccc2c1N1c3cc(N(c4ccc5c(c4)C(C)(C)c4ccccc4-5)c4cccc5c4sc4ccccc45)ccc3C(C)(C)c3cccc(c31)O2. The number of aryl methyl sites for hydroxylation is 1. The van der Waals surface area contributed by atoms with Gasteiger partial charge in [-0.25, -0.2) is 0 Å². The highest BCUT2D eigenvalue weighted by molar-refractivity contribution is 7.26. The van der Waals surface area contributed by atoms with E-state index in [1.807, 2.05) is 11.3 Å². The number of fused-ring (bicyclic) bond motifs is 10. The highest BCUT2D eigenvalue weighted by atomic mass is 32.1. The van der Waals surface area contributed by atoms with Crippen LogP contribution < -0.4 is 14.5 Å². The van der Waals surface area contributed by atoms with E-state index in [-0.39, 0.29) is 10.8 Å². The van der Waals surface area contributed by atoms with E-state index in [4.69, 9.17) is 4.74 Å². The van der Waals surface area contributed by atoms with Gasteiger partial charge in [-0.3, -0.25) is 0 Å². The normalized spacial score (nSPS) is 15.3. The molecule has 256 valence electrons. The van der Waals surface area contributed by atoms with E-state index in [0.29, 0.717) is 0 Å². The summed E-state index contributed by atoms with van der Waals surface area (Å²) in [6.45, 7) is 11.6. The van der Waals surface area contributed by atoms with Gasteiger partial charge in [-0.05, 0) is 94.4 Å². The van der Waals surface area contributed by atoms with Crippen LogP contribution in [-0.2, 0) is 10.8 Å². The third kappa shape index (κ3) is 4.10. The van der Waals surface area contributed by atoms with Crippen molar-refractivity contribution in [2.45, 2.75) is 45.4 Å². The highest BCUT2D eigenvalue weighted by Gasteiger charge is 2.42. The van der Waals surface area contributed by atoms with Crippen LogP contribution in [0.1, 0.15) is 55.5 Å². The summed E-state index contributed by atoms with van der Waals surface area (Å²) in [5.74, 6) is 1.79. The molecule has 0 bridgehead atoms. The average molecular weight is 703 g/mol. The molecule has 7 aromatic carbocycles. The lowest BCUT2D eigenvalue weighted by atomic mass is 9.73. The lowest BCUT2D eigenvalue weighted by Crippen LogP contribution is -2.32. The molecule has 53 heavy (non-hydrogen) atoms. The quantitative estimate of drug-likeness (QED) is 0.182. The summed E-state index contributed by atoms with van der Waals surface area (Å²) in [4.78, 5) is 4.98. The zero-order valence-corrected chi connectivity index (χ0v) is 31.3. The van der Waals surface area contributed by atoms with Gasteiger partial charge in [0.25, 0.3) is 0 Å². The summed E-state index contributed by atoms with van der Waals surface area (Å²) in [6, 6.07) is 51.7. The van der Waals surface area contributed by atoms with Gasteiger partial charge in [-0.15, -0.1) is 11.3 Å². The Morgan fingerprint density at radius 1 is 0.547 bits per heavy atom. The molecule has 0 saturated heterocycles. The van der Waals surface area contributed by atoms with Crippen molar-refractivity contribution in [1.29, 1.82) is 0 Å². The monoisotopic (exact) mass is 702 g/mol. The van der Waals surface area contributed by atoms with Crippen molar-refractivity contribution in [3.63, 3.8) is 0 Å². The van der Waals surface area contributed by atoms with Crippen molar-refractivity contribution in [3.8, 4) is 22.6 Å². The summed E-state index contributed by atoms with van der Waals surface area (Å²) in [5, 5.41) is 2.59. The van der Waals surface area contributed by atoms with Gasteiger partial charge < -0.3 is 14.5 Å². The zero-order valence-electron chi connectivity index (χ0n) is 30.5. The average Bonchev–Trinajstić information content (AvgIpc) is 3.66. The molecular weight excluding hydrogens is 665 g/mol. The molecule has 0 saturated carbocycles. The van der Waals surface area contributed by atoms with Crippen molar-refractivity contribution < 1.29 is 4.74 Å². The van der Waals surface area contributed by atoms with E-state index in [1.165, 1.54) is 70.5 Å². The number of rotatable bonds is 3. The minimum Gasteiger partial charge on any atom is -0.453 e. The summed E-state index contributed by atoms with van der Waals surface area (Å²) in [7, 11) is 0. The number of benzene rings is 7. The second-order valence-corrected chi connectivity index (χ2v) is 16.9. The molecule has 0 radical (unpaired) electrons. The minimum atomic E-state index is -0.237. The molecule has 3 aliphatic rings. The number of ether oxygens (including phenoxy) is 1. The molecule has 4 heteroatoms. The fourth-order valence-corrected chi connectivity index (χ4v) is 10.7. The number of anilines is 6. The van der Waals surface area contributed by atoms with Crippen molar-refractivity contribution in [2.24, 2.45) is 0 Å². The van der Waals surface area contributed by atoms with E-state index in [1.54, 1.807) is 0 Å². The molecular formula is C49H38N2OS. The minimum absolute atomic E-state index is 0.119. The molecule has 3 nitrogen and oxygen atoms in total. The lowest BCUT2D eigenvalue weighted by Gasteiger charge is -2.45. The molecule has 8 aromatic rings. The van der Waals surface area contributed by atoms with E-state index in [0.717, 1.165) is 34.2 Å². The van der Waals surface area contributed by atoms with Crippen LogP contribution in [0.4, 0.5) is 34.1 Å². The van der Waals surface area contributed by atoms with Crippen LogP contribution in [0.3, 0.4) is 0 Å². The Balaban J connectivity index is 1.19. The van der Waals surface area contributed by atoms with Gasteiger partial charge in [-0.2, -0.15) is 0 Å². The van der Waals surface area contributed by atoms with Gasteiger partial charge in [-0.1, -0.05) is 119 Å². The maximum atomic E-state index is 6.64. The molecule has 0 N–H and O–H groups in total. The molecule has 0 unspecified atom stereocenters. The number of nitrogens with zero attached hydrogens (tertiary/aromatic N) is 2. The van der Waals surface area contributed by atoms with Crippen LogP contribution >= 0.6 is 11.3 Å². The molecule has 0 atom stereocenters. The maximum Gasteiger partial charge on any atom is 0.151 e. The van der Waals surface area contributed by atoms with Crippen molar-refractivity contribution in [1.82, 2.24) is 0 Å². The summed E-state index contributed by atoms with van der Waals surface area (Å²) < 4.78 is 9.23. The first-order chi connectivity index (χ1) is 25.7. The highest BCUT2D eigenvalue weighted by Crippen LogP contribution is 2.61. The second-order valence-electron chi connectivity index (χ2n) is 15.8. The van der Waals surface area contributed by atoms with E-state index in [2.05, 4.69) is 184 Å². The number of para-hydroxylation sites is 2. The molecule has 0 amide bonds. The summed E-state index contributed by atoms with van der Waals surface area (Å²) in [6.07, 6.45) is 0. The number of hydrogen-bond donors (Lipinski definition) is 0. The third-order valence-corrected chi connectivity index (χ3v) is 13.4. The predicted octanol–water partition coefficient (Wildman–Crippen LogP) is 14.4. The predicted molar refractivity (Wildman–Crippen MR) is 223 cm³/mol. The van der Waals surface area contributed by atoms with Gasteiger partial charge >= 0.3 is 0 Å². The summed E-state index contributed by atoms with van der Waals surface area (Å²) >= 11 is 1.88. The molecule has 2 aliphatic heterocycles. The summed E-state index contributed by atoms with van der Waals surface area (Å²) in [5.41, 5.74) is 15.7. The Morgan fingerprint density at radius 2 is 1.21 bits per heavy atom. The molecule has 1 aromatic heterocycles. The smallest absolute Gasteiger partial charge is 0.151 e. The Morgan fingerprint density at radius 3 is 2.09 bits per heavy atom. The van der Waals surface area contributed by atoms with Gasteiger partial charge in [0.2, 0.25) is 0 Å². The van der Waals surface area contributed by atoms with Crippen LogP contribution in [0.25, 0.3) is 31.3 Å². The van der Waals surface area contributed by atoms with E-state index < -0.39 is 0 Å². The first kappa shape index (κ1) is 30.8. The van der Waals surface area contributed by atoms with Gasteiger partial charge in [0.1, 0.15) is 0 Å². The van der Waals surface area contributed by atoms with Crippen molar-refractivity contribution >= 4 is 65.6 Å². The van der Waals surface area contributed by atoms with Gasteiger partial charge in [0, 0.05) is 37.7 Å². The number of hydrogen-bond acceptors (Lipinski definition) is 4. The Hall–Kier alpha value is -5.84. The second kappa shape index (κ2) is 10.6. The lowest BCUT2D eigenvalue weighted by molar-refractivity contribution is 0.471. The topological polar surface area (TPSA) is 15.7 Å². The molecule has 1 aliphatic carbocycles. The fourth-order valence-electron chi connectivity index (χ4n) is 9.50. The van der Waals surface area contributed by atoms with Crippen LogP contribution in [0.2, 0.25) is 0 Å². The molecule has 0 fully saturated rings. The number of thiophene rings is 1. The van der Waals surface area contributed by atoms with E-state index >= 15 is 0 Å². The van der Waals surface area contributed by atoms with Crippen LogP contribution in [-0.4, -0.2) is 0 Å². The van der Waals surface area contributed by atoms with Crippen LogP contribution in [0.5, 0.6) is 11.5 Å². The Bertz CT molecular complexity index is 2860. The van der Waals surface area contributed by atoms with Crippen molar-refractivity contribution in [3.05, 3.63) is 167 Å². The largest absolute Gasteiger partial charge is 0.453 e. The maximum absolute atomic E-state index is 6.64. The first-order valence-electron chi connectivity index (χ1n) is 18.5. The standard InChI is InChI=1S/C49H38N2OS/c1-29-13-10-20-42-45(29)51-41-28-31(24-26-37(41)49(4,5)38-18-12-21-43(52-42)46(38)51)50(40-19-11-16-35-34-15-7-9-22-44(34)53-47(35)40)30-23-25-33-32-14-6-8-17-36(32)48(2,3)39(33)27-30/h6-28H,1-5H3. The van der Waals surface area contributed by atoms with E-state index in [9.17, 15) is 0 Å². The van der Waals surface area contributed by atoms with Gasteiger partial charge in [0.05, 0.1) is 27.4 Å². The molecule has 3 heterocycles. The zero-order chi connectivity index (χ0) is 35.8. The molecule has 11 rings (SSSR count). The fraction of sp³-hybridized carbons (Fsp3) is 0.143. The van der Waals surface area contributed by atoms with Crippen LogP contribution in [0, 0.1) is 6.92 Å². The Kier molecular flexibility index (Phi) is 6.16. The Labute approximate surface area is 314 Å². The van der Waals surface area contributed by atoms with Crippen molar-refractivity contribution in [2.75, 3.05) is 9.80 Å². The van der Waals surface area contributed by atoms with Gasteiger partial charge in [0.15, 0.2) is 11.5 Å².